The zero-order valence-corrected chi connectivity index (χ0v) is 14.9. The van der Waals surface area contributed by atoms with Gasteiger partial charge in [0.15, 0.2) is 0 Å². The molecule has 0 bridgehead atoms. The van der Waals surface area contributed by atoms with Gasteiger partial charge >= 0.3 is 0 Å². The minimum Gasteiger partial charge on any atom is -0.278 e. The highest BCUT2D eigenvalue weighted by Crippen LogP contribution is 2.49. The molecule has 116 valence electrons. The molecule has 23 heavy (non-hydrogen) atoms. The van der Waals surface area contributed by atoms with E-state index in [-0.39, 0.29) is 11.7 Å². The van der Waals surface area contributed by atoms with Crippen molar-refractivity contribution in [3.63, 3.8) is 0 Å². The Morgan fingerprint density at radius 3 is 2.78 bits per heavy atom. The van der Waals surface area contributed by atoms with Crippen LogP contribution in [0.5, 0.6) is 0 Å². The number of fused-ring (bicyclic) bond motifs is 2. The third-order valence-electron chi connectivity index (χ3n) is 3.32. The molecule has 0 radical (unpaired) electrons. The molecule has 1 amide bonds. The molecule has 1 heterocycles. The Labute approximate surface area is 148 Å². The standard InChI is InChI=1S/C17H14N2OS3/c1-2-22-12-7-8-16-14(9-12)19(17(20)10-21-11-18)13-5-3-4-6-15(13)23-16/h3-9H,2,10H2,1H3. The summed E-state index contributed by atoms with van der Waals surface area (Å²) in [6, 6.07) is 14.1. The van der Waals surface area contributed by atoms with E-state index in [1.165, 1.54) is 0 Å². The molecule has 0 aromatic heterocycles. The summed E-state index contributed by atoms with van der Waals surface area (Å²) in [7, 11) is 0. The summed E-state index contributed by atoms with van der Waals surface area (Å²) in [5, 5.41) is 10.7. The van der Waals surface area contributed by atoms with Gasteiger partial charge < -0.3 is 0 Å². The number of carbonyl (C=O) groups is 1. The average Bonchev–Trinajstić information content (AvgIpc) is 2.58. The Morgan fingerprint density at radius 2 is 2.00 bits per heavy atom. The normalized spacial score (nSPS) is 12.3. The third kappa shape index (κ3) is 3.37. The molecule has 0 saturated carbocycles. The van der Waals surface area contributed by atoms with E-state index in [4.69, 9.17) is 5.26 Å². The summed E-state index contributed by atoms with van der Waals surface area (Å²) in [5.41, 5.74) is 1.81. The van der Waals surface area contributed by atoms with Crippen LogP contribution >= 0.6 is 35.3 Å². The van der Waals surface area contributed by atoms with Gasteiger partial charge in [0.1, 0.15) is 5.40 Å². The predicted octanol–water partition coefficient (Wildman–Crippen LogP) is 5.14. The second kappa shape index (κ2) is 7.35. The fraction of sp³-hybridized carbons (Fsp3) is 0.176. The van der Waals surface area contributed by atoms with Crippen molar-refractivity contribution in [2.24, 2.45) is 0 Å². The van der Waals surface area contributed by atoms with E-state index in [1.54, 1.807) is 28.4 Å². The second-order valence-electron chi connectivity index (χ2n) is 4.74. The summed E-state index contributed by atoms with van der Waals surface area (Å²) in [6.07, 6.45) is 0. The number of benzene rings is 2. The van der Waals surface area contributed by atoms with Crippen molar-refractivity contribution in [3.8, 4) is 5.40 Å². The Bertz CT molecular complexity index is 786. The molecule has 0 N–H and O–H groups in total. The predicted molar refractivity (Wildman–Crippen MR) is 98.6 cm³/mol. The summed E-state index contributed by atoms with van der Waals surface area (Å²) in [4.78, 5) is 17.7. The van der Waals surface area contributed by atoms with E-state index in [2.05, 4.69) is 25.1 Å². The summed E-state index contributed by atoms with van der Waals surface area (Å²) in [6.45, 7) is 2.11. The van der Waals surface area contributed by atoms with Crippen LogP contribution in [0.1, 0.15) is 6.92 Å². The lowest BCUT2D eigenvalue weighted by atomic mass is 10.2. The van der Waals surface area contributed by atoms with Gasteiger partial charge in [-0.15, -0.1) is 11.8 Å². The maximum atomic E-state index is 12.7. The van der Waals surface area contributed by atoms with Gasteiger partial charge in [0.2, 0.25) is 5.91 Å². The van der Waals surface area contributed by atoms with Crippen molar-refractivity contribution in [2.45, 2.75) is 21.6 Å². The van der Waals surface area contributed by atoms with Crippen molar-refractivity contribution in [1.29, 1.82) is 5.26 Å². The highest BCUT2D eigenvalue weighted by Gasteiger charge is 2.28. The fourth-order valence-corrected chi connectivity index (χ4v) is 4.47. The lowest BCUT2D eigenvalue weighted by Gasteiger charge is -2.31. The highest BCUT2D eigenvalue weighted by molar-refractivity contribution is 8.04. The molecule has 2 aromatic rings. The van der Waals surface area contributed by atoms with E-state index in [0.29, 0.717) is 0 Å². The number of para-hydroxylation sites is 1. The van der Waals surface area contributed by atoms with Gasteiger partial charge in [0.25, 0.3) is 0 Å². The quantitative estimate of drug-likeness (QED) is 0.559. The van der Waals surface area contributed by atoms with Crippen LogP contribution in [0.2, 0.25) is 0 Å². The minimum atomic E-state index is -0.0656. The average molecular weight is 359 g/mol. The number of nitriles is 1. The molecular weight excluding hydrogens is 344 g/mol. The van der Waals surface area contributed by atoms with Gasteiger partial charge in [0, 0.05) is 14.7 Å². The maximum absolute atomic E-state index is 12.7. The molecule has 0 aliphatic carbocycles. The van der Waals surface area contributed by atoms with Crippen molar-refractivity contribution < 1.29 is 4.79 Å². The van der Waals surface area contributed by atoms with Crippen LogP contribution in [0, 0.1) is 10.7 Å². The summed E-state index contributed by atoms with van der Waals surface area (Å²) < 4.78 is 0. The molecule has 6 heteroatoms. The number of thiocyanates is 1. The Balaban J connectivity index is 2.07. The van der Waals surface area contributed by atoms with Crippen LogP contribution in [0.3, 0.4) is 0 Å². The monoisotopic (exact) mass is 358 g/mol. The largest absolute Gasteiger partial charge is 0.278 e. The SMILES string of the molecule is CCSc1ccc2c(c1)N(C(=O)CSC#N)c1ccccc1S2. The van der Waals surface area contributed by atoms with E-state index in [1.807, 2.05) is 29.7 Å². The van der Waals surface area contributed by atoms with Crippen LogP contribution in [-0.2, 0) is 4.79 Å². The third-order valence-corrected chi connectivity index (χ3v) is 5.84. The fourth-order valence-electron chi connectivity index (χ4n) is 2.42. The van der Waals surface area contributed by atoms with Crippen LogP contribution in [-0.4, -0.2) is 17.4 Å². The number of carbonyl (C=O) groups excluding carboxylic acids is 1. The topological polar surface area (TPSA) is 44.1 Å². The van der Waals surface area contributed by atoms with Crippen LogP contribution in [0.15, 0.2) is 57.2 Å². The van der Waals surface area contributed by atoms with Crippen LogP contribution < -0.4 is 4.90 Å². The second-order valence-corrected chi connectivity index (χ2v) is 7.92. The van der Waals surface area contributed by atoms with E-state index >= 15 is 0 Å². The van der Waals surface area contributed by atoms with Crippen LogP contribution in [0.25, 0.3) is 0 Å². The van der Waals surface area contributed by atoms with Gasteiger partial charge in [-0.3, -0.25) is 9.69 Å². The summed E-state index contributed by atoms with van der Waals surface area (Å²) >= 11 is 4.41. The molecule has 0 fully saturated rings. The van der Waals surface area contributed by atoms with Crippen molar-refractivity contribution >= 4 is 52.6 Å². The van der Waals surface area contributed by atoms with Crippen LogP contribution in [0.4, 0.5) is 11.4 Å². The molecular formula is C17H14N2OS3. The van der Waals surface area contributed by atoms with Crippen molar-refractivity contribution in [1.82, 2.24) is 0 Å². The Kier molecular flexibility index (Phi) is 5.21. The number of hydrogen-bond donors (Lipinski definition) is 0. The molecule has 0 unspecified atom stereocenters. The van der Waals surface area contributed by atoms with E-state index < -0.39 is 0 Å². The molecule has 0 saturated heterocycles. The van der Waals surface area contributed by atoms with Crippen molar-refractivity contribution in [3.05, 3.63) is 42.5 Å². The first-order valence-corrected chi connectivity index (χ1v) is 9.91. The molecule has 1 aliphatic rings. The van der Waals surface area contributed by atoms with Gasteiger partial charge in [-0.25, -0.2) is 0 Å². The lowest BCUT2D eigenvalue weighted by molar-refractivity contribution is -0.115. The van der Waals surface area contributed by atoms with Crippen molar-refractivity contribution in [2.75, 3.05) is 16.4 Å². The Morgan fingerprint density at radius 1 is 1.22 bits per heavy atom. The minimum absolute atomic E-state index is 0.0656. The number of hydrogen-bond acceptors (Lipinski definition) is 5. The van der Waals surface area contributed by atoms with Gasteiger partial charge in [-0.1, -0.05) is 30.8 Å². The zero-order valence-electron chi connectivity index (χ0n) is 12.5. The summed E-state index contributed by atoms with van der Waals surface area (Å²) in [5.74, 6) is 1.07. The van der Waals surface area contributed by atoms with E-state index in [9.17, 15) is 4.79 Å². The number of thioether (sulfide) groups is 2. The number of amides is 1. The number of anilines is 2. The molecule has 2 aromatic carbocycles. The molecule has 0 atom stereocenters. The smallest absolute Gasteiger partial charge is 0.242 e. The molecule has 0 spiro atoms. The number of nitrogens with zero attached hydrogens (tertiary/aromatic N) is 2. The first-order chi connectivity index (χ1) is 11.2. The maximum Gasteiger partial charge on any atom is 0.242 e. The first-order valence-electron chi connectivity index (χ1n) is 7.12. The number of rotatable bonds is 4. The first kappa shape index (κ1) is 16.3. The zero-order chi connectivity index (χ0) is 16.2. The Hall–Kier alpha value is -1.55. The van der Waals surface area contributed by atoms with Gasteiger partial charge in [0.05, 0.1) is 17.1 Å². The molecule has 3 rings (SSSR count). The van der Waals surface area contributed by atoms with Gasteiger partial charge in [-0.2, -0.15) is 5.26 Å². The lowest BCUT2D eigenvalue weighted by Crippen LogP contribution is -2.29. The molecule has 3 nitrogen and oxygen atoms in total. The molecule has 1 aliphatic heterocycles. The van der Waals surface area contributed by atoms with Gasteiger partial charge in [-0.05, 0) is 47.8 Å². The highest BCUT2D eigenvalue weighted by atomic mass is 32.2. The van der Waals surface area contributed by atoms with E-state index in [0.717, 1.165) is 43.6 Å².